The number of hydrogen-bond donors (Lipinski definition) is 0. The SMILES string of the molecule is c1ccc(-c2ccc3cc(-c4nc(-c5ccc6ccc7c8ccccc8oc7c6c5)c5ccccc5n4)ccc3c2)cc1. The highest BCUT2D eigenvalue weighted by atomic mass is 16.3. The Labute approximate surface area is 247 Å². The van der Waals surface area contributed by atoms with Gasteiger partial charge in [-0.05, 0) is 63.7 Å². The molecule has 0 unspecified atom stereocenters. The summed E-state index contributed by atoms with van der Waals surface area (Å²) < 4.78 is 6.38. The minimum Gasteiger partial charge on any atom is -0.455 e. The van der Waals surface area contributed by atoms with E-state index < -0.39 is 0 Å². The summed E-state index contributed by atoms with van der Waals surface area (Å²) in [5.41, 5.74) is 8.09. The van der Waals surface area contributed by atoms with E-state index in [2.05, 4.69) is 115 Å². The Balaban J connectivity index is 1.21. The zero-order chi connectivity index (χ0) is 28.3. The third-order valence-corrected chi connectivity index (χ3v) is 8.44. The van der Waals surface area contributed by atoms with Crippen molar-refractivity contribution in [3.05, 3.63) is 146 Å². The van der Waals surface area contributed by atoms with Crippen molar-refractivity contribution < 1.29 is 4.42 Å². The monoisotopic (exact) mass is 548 g/mol. The number of hydrogen-bond acceptors (Lipinski definition) is 3. The van der Waals surface area contributed by atoms with E-state index in [-0.39, 0.29) is 0 Å². The Morgan fingerprint density at radius 3 is 1.95 bits per heavy atom. The minimum absolute atomic E-state index is 0.713. The van der Waals surface area contributed by atoms with Gasteiger partial charge in [-0.15, -0.1) is 0 Å². The average molecular weight is 549 g/mol. The fourth-order valence-electron chi connectivity index (χ4n) is 6.27. The summed E-state index contributed by atoms with van der Waals surface area (Å²) in [6, 6.07) is 50.9. The molecule has 9 aromatic rings. The first-order valence-electron chi connectivity index (χ1n) is 14.5. The van der Waals surface area contributed by atoms with E-state index in [4.69, 9.17) is 14.4 Å². The van der Waals surface area contributed by atoms with Crippen LogP contribution in [0.25, 0.3) is 88.2 Å². The molecule has 3 nitrogen and oxygen atoms in total. The average Bonchev–Trinajstić information content (AvgIpc) is 3.47. The molecular formula is C40H24N2O. The molecule has 0 saturated heterocycles. The fraction of sp³-hybridized carbons (Fsp3) is 0. The van der Waals surface area contributed by atoms with Crippen LogP contribution < -0.4 is 0 Å². The van der Waals surface area contributed by atoms with Gasteiger partial charge in [-0.2, -0.15) is 0 Å². The van der Waals surface area contributed by atoms with Crippen LogP contribution in [0.3, 0.4) is 0 Å². The molecular weight excluding hydrogens is 524 g/mol. The van der Waals surface area contributed by atoms with Crippen LogP contribution in [0.1, 0.15) is 0 Å². The van der Waals surface area contributed by atoms with Gasteiger partial charge < -0.3 is 4.42 Å². The summed E-state index contributed by atoms with van der Waals surface area (Å²) in [5, 5.41) is 7.85. The quantitative estimate of drug-likeness (QED) is 0.220. The molecule has 200 valence electrons. The molecule has 0 N–H and O–H groups in total. The van der Waals surface area contributed by atoms with Gasteiger partial charge in [0.05, 0.1) is 11.2 Å². The highest BCUT2D eigenvalue weighted by molar-refractivity contribution is 6.15. The van der Waals surface area contributed by atoms with Crippen molar-refractivity contribution in [1.29, 1.82) is 0 Å². The van der Waals surface area contributed by atoms with Gasteiger partial charge in [-0.25, -0.2) is 9.97 Å². The number of aromatic nitrogens is 2. The molecule has 2 heterocycles. The second-order valence-corrected chi connectivity index (χ2v) is 11.0. The van der Waals surface area contributed by atoms with E-state index in [0.29, 0.717) is 5.82 Å². The summed E-state index contributed by atoms with van der Waals surface area (Å²) in [5.74, 6) is 0.713. The fourth-order valence-corrected chi connectivity index (χ4v) is 6.27. The van der Waals surface area contributed by atoms with Gasteiger partial charge in [0.1, 0.15) is 11.2 Å². The maximum atomic E-state index is 6.38. The zero-order valence-corrected chi connectivity index (χ0v) is 23.2. The first-order chi connectivity index (χ1) is 21.3. The molecule has 3 heteroatoms. The van der Waals surface area contributed by atoms with E-state index in [1.807, 2.05) is 30.3 Å². The van der Waals surface area contributed by atoms with Crippen molar-refractivity contribution in [1.82, 2.24) is 9.97 Å². The van der Waals surface area contributed by atoms with Gasteiger partial charge in [0.2, 0.25) is 0 Å². The normalized spacial score (nSPS) is 11.7. The van der Waals surface area contributed by atoms with Crippen LogP contribution >= 0.6 is 0 Å². The van der Waals surface area contributed by atoms with E-state index >= 15 is 0 Å². The van der Waals surface area contributed by atoms with Crippen LogP contribution in [0.2, 0.25) is 0 Å². The van der Waals surface area contributed by atoms with Crippen molar-refractivity contribution in [3.8, 4) is 33.8 Å². The van der Waals surface area contributed by atoms with E-state index in [1.54, 1.807) is 0 Å². The van der Waals surface area contributed by atoms with Crippen LogP contribution in [0.4, 0.5) is 0 Å². The van der Waals surface area contributed by atoms with Crippen LogP contribution in [-0.2, 0) is 0 Å². The molecule has 0 amide bonds. The number of para-hydroxylation sites is 2. The van der Waals surface area contributed by atoms with Crippen molar-refractivity contribution in [2.24, 2.45) is 0 Å². The molecule has 0 saturated carbocycles. The summed E-state index contributed by atoms with van der Waals surface area (Å²) >= 11 is 0. The van der Waals surface area contributed by atoms with E-state index in [9.17, 15) is 0 Å². The molecule has 0 aliphatic heterocycles. The van der Waals surface area contributed by atoms with Crippen molar-refractivity contribution in [2.75, 3.05) is 0 Å². The van der Waals surface area contributed by atoms with Crippen LogP contribution in [0.15, 0.2) is 150 Å². The highest BCUT2D eigenvalue weighted by Crippen LogP contribution is 2.37. The molecule has 0 spiro atoms. The third kappa shape index (κ3) is 3.90. The minimum atomic E-state index is 0.713. The van der Waals surface area contributed by atoms with Crippen LogP contribution in [0.5, 0.6) is 0 Å². The lowest BCUT2D eigenvalue weighted by Crippen LogP contribution is -1.95. The Kier molecular flexibility index (Phi) is 5.20. The van der Waals surface area contributed by atoms with Crippen molar-refractivity contribution >= 4 is 54.4 Å². The van der Waals surface area contributed by atoms with Gasteiger partial charge in [-0.1, -0.05) is 109 Å². The highest BCUT2D eigenvalue weighted by Gasteiger charge is 2.15. The molecule has 9 rings (SSSR count). The molecule has 43 heavy (non-hydrogen) atoms. The van der Waals surface area contributed by atoms with Gasteiger partial charge >= 0.3 is 0 Å². The van der Waals surface area contributed by atoms with Gasteiger partial charge in [0, 0.05) is 32.7 Å². The molecule has 0 aliphatic carbocycles. The maximum absolute atomic E-state index is 6.38. The summed E-state index contributed by atoms with van der Waals surface area (Å²) in [6.45, 7) is 0. The van der Waals surface area contributed by atoms with Crippen LogP contribution in [0, 0.1) is 0 Å². The number of fused-ring (bicyclic) bond motifs is 7. The maximum Gasteiger partial charge on any atom is 0.160 e. The summed E-state index contributed by atoms with van der Waals surface area (Å²) in [7, 11) is 0. The van der Waals surface area contributed by atoms with Gasteiger partial charge in [-0.3, -0.25) is 0 Å². The van der Waals surface area contributed by atoms with Crippen molar-refractivity contribution in [2.45, 2.75) is 0 Å². The molecule has 7 aromatic carbocycles. The number of nitrogens with zero attached hydrogens (tertiary/aromatic N) is 2. The second kappa shape index (κ2) is 9.37. The zero-order valence-electron chi connectivity index (χ0n) is 23.2. The largest absolute Gasteiger partial charge is 0.455 e. The van der Waals surface area contributed by atoms with Crippen molar-refractivity contribution in [3.63, 3.8) is 0 Å². The standard InChI is InChI=1S/C40H24N2O/c1-2-8-25(9-3-1)27-15-16-29-23-31(19-17-28(29)22-27)40-41-36-12-6-4-11-34(36)38(42-40)30-18-14-26-20-21-33-32-10-5-7-13-37(32)43-39(33)35(26)24-30/h1-24H. The van der Waals surface area contributed by atoms with E-state index in [1.165, 1.54) is 16.5 Å². The predicted octanol–water partition coefficient (Wildman–Crippen LogP) is 10.8. The summed E-state index contributed by atoms with van der Waals surface area (Å²) in [4.78, 5) is 10.2. The molecule has 0 radical (unpaired) electrons. The second-order valence-electron chi connectivity index (χ2n) is 11.0. The van der Waals surface area contributed by atoms with Crippen LogP contribution in [-0.4, -0.2) is 9.97 Å². The lowest BCUT2D eigenvalue weighted by molar-refractivity contribution is 0.672. The number of furan rings is 1. The lowest BCUT2D eigenvalue weighted by atomic mass is 9.99. The molecule has 0 bridgehead atoms. The lowest BCUT2D eigenvalue weighted by Gasteiger charge is -2.11. The molecule has 0 fully saturated rings. The van der Waals surface area contributed by atoms with E-state index in [0.717, 1.165) is 65.8 Å². The predicted molar refractivity (Wildman–Crippen MR) is 178 cm³/mol. The summed E-state index contributed by atoms with van der Waals surface area (Å²) in [6.07, 6.45) is 0. The Hall–Kier alpha value is -5.80. The first-order valence-corrected chi connectivity index (χ1v) is 14.5. The first kappa shape index (κ1) is 23.9. The molecule has 0 atom stereocenters. The Morgan fingerprint density at radius 2 is 1.07 bits per heavy atom. The molecule has 2 aromatic heterocycles. The van der Waals surface area contributed by atoms with Gasteiger partial charge in [0.15, 0.2) is 5.82 Å². The number of benzene rings is 7. The Morgan fingerprint density at radius 1 is 0.395 bits per heavy atom. The van der Waals surface area contributed by atoms with Gasteiger partial charge in [0.25, 0.3) is 0 Å². The third-order valence-electron chi connectivity index (χ3n) is 8.44. The smallest absolute Gasteiger partial charge is 0.160 e. The Bertz CT molecular complexity index is 2510. The number of rotatable bonds is 3. The topological polar surface area (TPSA) is 38.9 Å². The molecule has 0 aliphatic rings.